The summed E-state index contributed by atoms with van der Waals surface area (Å²) in [5.74, 6) is 1.12. The molecule has 0 saturated carbocycles. The van der Waals surface area contributed by atoms with E-state index in [2.05, 4.69) is 64.5 Å². The summed E-state index contributed by atoms with van der Waals surface area (Å²) < 4.78 is 12.3. The maximum Gasteiger partial charge on any atom is 0.495 e. The SMILES string of the molecule is C[SH](C)Cc1ccccc1B1OC(C)(C)C(C)(C)O1. The number of benzene rings is 1. The van der Waals surface area contributed by atoms with Gasteiger partial charge in [-0.3, -0.25) is 10.9 Å². The second-order valence-corrected chi connectivity index (χ2v) is 9.00. The molecule has 1 aliphatic heterocycles. The van der Waals surface area contributed by atoms with Crippen LogP contribution in [-0.4, -0.2) is 30.8 Å². The van der Waals surface area contributed by atoms with Gasteiger partial charge in [0, 0.05) is 0 Å². The van der Waals surface area contributed by atoms with E-state index >= 15 is 0 Å². The highest BCUT2D eigenvalue weighted by Crippen LogP contribution is 2.37. The third-order valence-corrected chi connectivity index (χ3v) is 5.02. The molecule has 2 nitrogen and oxygen atoms in total. The summed E-state index contributed by atoms with van der Waals surface area (Å²) >= 11 is 0. The Balaban J connectivity index is 2.29. The van der Waals surface area contributed by atoms with E-state index in [4.69, 9.17) is 9.31 Å². The van der Waals surface area contributed by atoms with Gasteiger partial charge in [0.2, 0.25) is 0 Å². The normalized spacial score (nSPS) is 21.6. The van der Waals surface area contributed by atoms with Crippen LogP contribution in [0.5, 0.6) is 0 Å². The van der Waals surface area contributed by atoms with Crippen LogP contribution in [0.15, 0.2) is 24.3 Å². The van der Waals surface area contributed by atoms with Gasteiger partial charge >= 0.3 is 7.12 Å². The average molecular weight is 280 g/mol. The maximum absolute atomic E-state index is 6.16. The summed E-state index contributed by atoms with van der Waals surface area (Å²) in [6, 6.07) is 8.50. The lowest BCUT2D eigenvalue weighted by atomic mass is 9.76. The molecule has 0 unspecified atom stereocenters. The summed E-state index contributed by atoms with van der Waals surface area (Å²) in [7, 11) is -0.206. The third-order valence-electron chi connectivity index (χ3n) is 4.05. The minimum atomic E-state index is -0.270. The topological polar surface area (TPSA) is 18.5 Å². The minimum Gasteiger partial charge on any atom is -0.399 e. The highest BCUT2D eigenvalue weighted by molar-refractivity contribution is 8.15. The molecule has 0 aromatic heterocycles. The number of thiol groups is 1. The van der Waals surface area contributed by atoms with E-state index in [0.29, 0.717) is 0 Å². The molecule has 0 bridgehead atoms. The summed E-state index contributed by atoms with van der Waals surface area (Å²) in [4.78, 5) is 0. The van der Waals surface area contributed by atoms with E-state index < -0.39 is 0 Å². The van der Waals surface area contributed by atoms with Gasteiger partial charge in [-0.1, -0.05) is 24.3 Å². The minimum absolute atomic E-state index is 0.0339. The third kappa shape index (κ3) is 3.01. The van der Waals surface area contributed by atoms with Crippen LogP contribution in [-0.2, 0) is 15.1 Å². The Kier molecular flexibility index (Phi) is 4.06. The lowest BCUT2D eigenvalue weighted by Crippen LogP contribution is -2.41. The maximum atomic E-state index is 6.16. The van der Waals surface area contributed by atoms with Crippen molar-refractivity contribution in [3.8, 4) is 0 Å². The smallest absolute Gasteiger partial charge is 0.399 e. The van der Waals surface area contributed by atoms with Gasteiger partial charge in [0.25, 0.3) is 0 Å². The van der Waals surface area contributed by atoms with E-state index in [0.717, 1.165) is 5.75 Å². The average Bonchev–Trinajstić information content (AvgIpc) is 2.48. The van der Waals surface area contributed by atoms with Crippen LogP contribution < -0.4 is 5.46 Å². The second-order valence-electron chi connectivity index (χ2n) is 6.52. The molecule has 4 heteroatoms. The first-order chi connectivity index (χ1) is 8.73. The molecule has 106 valence electrons. The molecule has 1 aromatic carbocycles. The molecule has 0 radical (unpaired) electrons. The molecule has 0 spiro atoms. The van der Waals surface area contributed by atoms with Crippen molar-refractivity contribution in [3.05, 3.63) is 29.8 Å². The van der Waals surface area contributed by atoms with E-state index in [1.54, 1.807) is 0 Å². The van der Waals surface area contributed by atoms with Gasteiger partial charge in [0.05, 0.1) is 11.2 Å². The zero-order chi connectivity index (χ0) is 14.3. The van der Waals surface area contributed by atoms with Crippen LogP contribution in [0.4, 0.5) is 0 Å². The van der Waals surface area contributed by atoms with Gasteiger partial charge in [-0.2, -0.15) is 0 Å². The Morgan fingerprint density at radius 1 is 1.00 bits per heavy atom. The zero-order valence-electron chi connectivity index (χ0n) is 12.9. The molecule has 1 aliphatic rings. The van der Waals surface area contributed by atoms with Crippen LogP contribution in [0.3, 0.4) is 0 Å². The Bertz CT molecular complexity index is 441. The van der Waals surface area contributed by atoms with Crippen molar-refractivity contribution in [3.63, 3.8) is 0 Å². The van der Waals surface area contributed by atoms with Gasteiger partial charge < -0.3 is 9.31 Å². The van der Waals surface area contributed by atoms with Gasteiger partial charge in [-0.05, 0) is 57.0 Å². The summed E-state index contributed by atoms with van der Waals surface area (Å²) in [5.41, 5.74) is 2.01. The fraction of sp³-hybridized carbons (Fsp3) is 0.600. The summed E-state index contributed by atoms with van der Waals surface area (Å²) in [6.07, 6.45) is 4.60. The van der Waals surface area contributed by atoms with Crippen LogP contribution >= 0.6 is 10.9 Å². The predicted octanol–water partition coefficient (Wildman–Crippen LogP) is 2.75. The predicted molar refractivity (Wildman–Crippen MR) is 86.7 cm³/mol. The number of hydrogen-bond acceptors (Lipinski definition) is 2. The van der Waals surface area contributed by atoms with Gasteiger partial charge in [-0.25, -0.2) is 0 Å². The molecule has 0 N–H and O–H groups in total. The molecule has 0 amide bonds. The molecule has 1 fully saturated rings. The fourth-order valence-electron chi connectivity index (χ4n) is 2.22. The molecule has 0 atom stereocenters. The summed E-state index contributed by atoms with van der Waals surface area (Å²) in [5, 5.41) is 0. The van der Waals surface area contributed by atoms with Crippen molar-refractivity contribution < 1.29 is 9.31 Å². The van der Waals surface area contributed by atoms with Crippen molar-refractivity contribution in [1.82, 2.24) is 0 Å². The Hall–Kier alpha value is -0.445. The molecule has 0 aliphatic carbocycles. The standard InChI is InChI=1S/C15H25BO2S/c1-14(2)15(3,4)18-16(17-14)13-10-8-7-9-12(13)11-19(5)6/h7-10,19H,11H2,1-6H3. The van der Waals surface area contributed by atoms with Gasteiger partial charge in [0.15, 0.2) is 0 Å². The van der Waals surface area contributed by atoms with Crippen LogP contribution in [0.1, 0.15) is 33.3 Å². The molecule has 2 rings (SSSR count). The first-order valence-corrected chi connectivity index (χ1v) is 9.23. The Morgan fingerprint density at radius 2 is 1.53 bits per heavy atom. The molecule has 1 saturated heterocycles. The molecule has 19 heavy (non-hydrogen) atoms. The molecule has 1 aromatic rings. The first-order valence-electron chi connectivity index (χ1n) is 6.81. The number of rotatable bonds is 3. The van der Waals surface area contributed by atoms with Crippen molar-refractivity contribution in [1.29, 1.82) is 0 Å². The van der Waals surface area contributed by atoms with Crippen molar-refractivity contribution in [2.75, 3.05) is 12.5 Å². The molecular formula is C15H25BO2S. The van der Waals surface area contributed by atoms with E-state index in [9.17, 15) is 0 Å². The highest BCUT2D eigenvalue weighted by Gasteiger charge is 2.52. The number of hydrogen-bond donors (Lipinski definition) is 1. The van der Waals surface area contributed by atoms with Crippen molar-refractivity contribution in [2.45, 2.75) is 44.6 Å². The van der Waals surface area contributed by atoms with Crippen molar-refractivity contribution in [2.24, 2.45) is 0 Å². The van der Waals surface area contributed by atoms with E-state index in [-0.39, 0.29) is 29.2 Å². The van der Waals surface area contributed by atoms with Crippen LogP contribution in [0, 0.1) is 0 Å². The Labute approximate surface area is 120 Å². The van der Waals surface area contributed by atoms with E-state index in [1.807, 2.05) is 0 Å². The van der Waals surface area contributed by atoms with Gasteiger partial charge in [-0.15, -0.1) is 0 Å². The van der Waals surface area contributed by atoms with E-state index in [1.165, 1.54) is 11.0 Å². The molecular weight excluding hydrogens is 255 g/mol. The van der Waals surface area contributed by atoms with Crippen LogP contribution in [0.2, 0.25) is 0 Å². The summed E-state index contributed by atoms with van der Waals surface area (Å²) in [6.45, 7) is 8.40. The highest BCUT2D eigenvalue weighted by atomic mass is 32.2. The van der Waals surface area contributed by atoms with Crippen molar-refractivity contribution >= 4 is 23.5 Å². The largest absolute Gasteiger partial charge is 0.495 e. The fourth-order valence-corrected chi connectivity index (χ4v) is 3.19. The monoisotopic (exact) mass is 280 g/mol. The molecule has 1 heterocycles. The van der Waals surface area contributed by atoms with Crippen LogP contribution in [0.25, 0.3) is 0 Å². The quantitative estimate of drug-likeness (QED) is 0.678. The second kappa shape index (κ2) is 5.15. The first kappa shape index (κ1) is 15.0. The Morgan fingerprint density at radius 3 is 2.05 bits per heavy atom. The van der Waals surface area contributed by atoms with Gasteiger partial charge in [0.1, 0.15) is 0 Å². The lowest BCUT2D eigenvalue weighted by molar-refractivity contribution is 0.00578. The lowest BCUT2D eigenvalue weighted by Gasteiger charge is -2.32. The zero-order valence-corrected chi connectivity index (χ0v) is 13.8.